The molecule has 120 valence electrons. The minimum absolute atomic E-state index is 0.138. The van der Waals surface area contributed by atoms with Crippen molar-refractivity contribution in [3.63, 3.8) is 0 Å². The van der Waals surface area contributed by atoms with Crippen LogP contribution in [0.2, 0.25) is 0 Å². The van der Waals surface area contributed by atoms with Gasteiger partial charge in [0.05, 0.1) is 7.11 Å². The minimum Gasteiger partial charge on any atom is -0.497 e. The Labute approximate surface area is 132 Å². The van der Waals surface area contributed by atoms with Crippen LogP contribution in [0.4, 0.5) is 4.79 Å². The van der Waals surface area contributed by atoms with Crippen molar-refractivity contribution in [3.05, 3.63) is 42.1 Å². The van der Waals surface area contributed by atoms with Gasteiger partial charge in [-0.2, -0.15) is 0 Å². The highest BCUT2D eigenvalue weighted by atomic mass is 16.5. The first-order valence-corrected chi connectivity index (χ1v) is 8.12. The molecular weight excluding hydrogens is 276 g/mol. The lowest BCUT2D eigenvalue weighted by Crippen LogP contribution is -2.33. The quantitative estimate of drug-likeness (QED) is 0.843. The fraction of sp³-hybridized carbons (Fsp3) is 0.500. The van der Waals surface area contributed by atoms with E-state index in [1.807, 2.05) is 24.3 Å². The largest absolute Gasteiger partial charge is 0.497 e. The Hall–Kier alpha value is -1.97. The number of urea groups is 1. The highest BCUT2D eigenvalue weighted by Gasteiger charge is 2.09. The summed E-state index contributed by atoms with van der Waals surface area (Å²) in [4.78, 5) is 11.7. The Balaban J connectivity index is 1.61. The number of carbonyl (C=O) groups excluding carboxylic acids is 1. The molecule has 0 heterocycles. The minimum atomic E-state index is -0.138. The Kier molecular flexibility index (Phi) is 6.81. The van der Waals surface area contributed by atoms with Crippen LogP contribution in [0.3, 0.4) is 0 Å². The lowest BCUT2D eigenvalue weighted by molar-refractivity contribution is 0.244. The van der Waals surface area contributed by atoms with Gasteiger partial charge >= 0.3 is 6.03 Å². The summed E-state index contributed by atoms with van der Waals surface area (Å²) < 4.78 is 5.12. The second-order valence-corrected chi connectivity index (χ2v) is 5.76. The smallest absolute Gasteiger partial charge is 0.318 e. The molecule has 2 amide bonds. The molecule has 2 N–H and O–H groups in total. The zero-order valence-electron chi connectivity index (χ0n) is 13.3. The van der Waals surface area contributed by atoms with Crippen LogP contribution >= 0.6 is 0 Å². The fourth-order valence-electron chi connectivity index (χ4n) is 2.75. The number of carbonyl (C=O) groups is 1. The molecule has 1 saturated carbocycles. The first-order valence-electron chi connectivity index (χ1n) is 8.12. The average Bonchev–Trinajstić information content (AvgIpc) is 2.56. The molecule has 4 heteroatoms. The van der Waals surface area contributed by atoms with Crippen molar-refractivity contribution in [3.8, 4) is 5.75 Å². The van der Waals surface area contributed by atoms with E-state index >= 15 is 0 Å². The summed E-state index contributed by atoms with van der Waals surface area (Å²) >= 11 is 0. The Morgan fingerprint density at radius 3 is 2.64 bits per heavy atom. The van der Waals surface area contributed by atoms with Gasteiger partial charge < -0.3 is 15.4 Å². The van der Waals surface area contributed by atoms with E-state index in [4.69, 9.17) is 4.74 Å². The summed E-state index contributed by atoms with van der Waals surface area (Å²) in [6.45, 7) is 0.620. The van der Waals surface area contributed by atoms with Gasteiger partial charge in [-0.1, -0.05) is 37.5 Å². The molecule has 0 atom stereocenters. The number of amides is 2. The Morgan fingerprint density at radius 2 is 1.95 bits per heavy atom. The summed E-state index contributed by atoms with van der Waals surface area (Å²) in [5.74, 6) is 1.48. The van der Waals surface area contributed by atoms with Crippen LogP contribution in [0.5, 0.6) is 5.75 Å². The van der Waals surface area contributed by atoms with E-state index in [2.05, 4.69) is 16.7 Å². The van der Waals surface area contributed by atoms with Crippen molar-refractivity contribution in [1.29, 1.82) is 0 Å². The topological polar surface area (TPSA) is 50.4 Å². The van der Waals surface area contributed by atoms with Gasteiger partial charge in [-0.15, -0.1) is 0 Å². The van der Waals surface area contributed by atoms with Gasteiger partial charge in [-0.25, -0.2) is 4.79 Å². The van der Waals surface area contributed by atoms with Gasteiger partial charge in [0, 0.05) is 12.7 Å². The maximum Gasteiger partial charge on any atom is 0.318 e. The molecule has 0 radical (unpaired) electrons. The molecule has 1 fully saturated rings. The fourth-order valence-corrected chi connectivity index (χ4v) is 2.75. The van der Waals surface area contributed by atoms with Gasteiger partial charge in [-0.3, -0.25) is 0 Å². The normalized spacial score (nSPS) is 15.7. The third kappa shape index (κ3) is 5.80. The third-order valence-electron chi connectivity index (χ3n) is 4.09. The summed E-state index contributed by atoms with van der Waals surface area (Å²) in [7, 11) is 1.65. The van der Waals surface area contributed by atoms with Crippen LogP contribution in [0, 0.1) is 5.92 Å². The van der Waals surface area contributed by atoms with Gasteiger partial charge in [0.15, 0.2) is 0 Å². The Bertz CT molecular complexity index is 476. The SMILES string of the molecule is COc1ccc(CCNC(=O)N/C=C/C2CCCCC2)cc1. The number of allylic oxidation sites excluding steroid dienone is 1. The van der Waals surface area contributed by atoms with Gasteiger partial charge in [0.1, 0.15) is 5.75 Å². The van der Waals surface area contributed by atoms with E-state index in [1.165, 1.54) is 37.7 Å². The average molecular weight is 302 g/mol. The van der Waals surface area contributed by atoms with Gasteiger partial charge in [-0.05, 0) is 42.9 Å². The predicted molar refractivity (Wildman–Crippen MR) is 88.9 cm³/mol. The summed E-state index contributed by atoms with van der Waals surface area (Å²) in [5, 5.41) is 5.65. The molecule has 0 saturated heterocycles. The first-order chi connectivity index (χ1) is 10.8. The van der Waals surface area contributed by atoms with E-state index in [1.54, 1.807) is 13.3 Å². The van der Waals surface area contributed by atoms with E-state index in [0.29, 0.717) is 12.5 Å². The first kappa shape index (κ1) is 16.4. The molecule has 0 aromatic heterocycles. The van der Waals surface area contributed by atoms with Gasteiger partial charge in [0.25, 0.3) is 0 Å². The molecule has 1 aliphatic carbocycles. The van der Waals surface area contributed by atoms with Gasteiger partial charge in [0.2, 0.25) is 0 Å². The standard InChI is InChI=1S/C18H26N2O2/c1-22-17-9-7-16(8-10-17)12-14-20-18(21)19-13-11-15-5-3-2-4-6-15/h7-11,13,15H,2-6,12,14H2,1H3,(H2,19,20,21)/b13-11+. The number of ether oxygens (including phenoxy) is 1. The molecule has 0 bridgehead atoms. The monoisotopic (exact) mass is 302 g/mol. The number of methoxy groups -OCH3 is 1. The van der Waals surface area contributed by atoms with Crippen LogP contribution in [0.25, 0.3) is 0 Å². The van der Waals surface area contributed by atoms with Crippen LogP contribution < -0.4 is 15.4 Å². The zero-order chi connectivity index (χ0) is 15.6. The Morgan fingerprint density at radius 1 is 1.23 bits per heavy atom. The number of benzene rings is 1. The maximum atomic E-state index is 11.7. The summed E-state index contributed by atoms with van der Waals surface area (Å²) in [6, 6.07) is 7.76. The van der Waals surface area contributed by atoms with Crippen LogP contribution in [-0.4, -0.2) is 19.7 Å². The predicted octanol–water partition coefficient (Wildman–Crippen LogP) is 3.63. The molecule has 0 spiro atoms. The number of nitrogens with one attached hydrogen (secondary N) is 2. The molecule has 1 aromatic carbocycles. The second-order valence-electron chi connectivity index (χ2n) is 5.76. The van der Waals surface area contributed by atoms with Crippen molar-refractivity contribution in [2.75, 3.05) is 13.7 Å². The lowest BCUT2D eigenvalue weighted by atomic mass is 9.89. The van der Waals surface area contributed by atoms with Crippen molar-refractivity contribution in [1.82, 2.24) is 10.6 Å². The van der Waals surface area contributed by atoms with Crippen molar-refractivity contribution in [2.45, 2.75) is 38.5 Å². The summed E-state index contributed by atoms with van der Waals surface area (Å²) in [5.41, 5.74) is 1.18. The van der Waals surface area contributed by atoms with Crippen molar-refractivity contribution < 1.29 is 9.53 Å². The van der Waals surface area contributed by atoms with Crippen molar-refractivity contribution >= 4 is 6.03 Å². The molecule has 1 aliphatic rings. The molecule has 22 heavy (non-hydrogen) atoms. The molecule has 1 aromatic rings. The highest BCUT2D eigenvalue weighted by Crippen LogP contribution is 2.24. The number of hydrogen-bond donors (Lipinski definition) is 2. The van der Waals surface area contributed by atoms with E-state index in [9.17, 15) is 4.79 Å². The van der Waals surface area contributed by atoms with Crippen molar-refractivity contribution in [2.24, 2.45) is 5.92 Å². The maximum absolute atomic E-state index is 11.7. The molecule has 0 unspecified atom stereocenters. The lowest BCUT2D eigenvalue weighted by Gasteiger charge is -2.17. The summed E-state index contributed by atoms with van der Waals surface area (Å²) in [6.07, 6.45) is 11.2. The molecular formula is C18H26N2O2. The van der Waals surface area contributed by atoms with E-state index in [-0.39, 0.29) is 6.03 Å². The highest BCUT2D eigenvalue weighted by molar-refractivity contribution is 5.74. The number of rotatable bonds is 6. The number of hydrogen-bond acceptors (Lipinski definition) is 2. The van der Waals surface area contributed by atoms with Crippen LogP contribution in [0.15, 0.2) is 36.5 Å². The van der Waals surface area contributed by atoms with E-state index < -0.39 is 0 Å². The molecule has 0 aliphatic heterocycles. The van der Waals surface area contributed by atoms with Crippen LogP contribution in [0.1, 0.15) is 37.7 Å². The van der Waals surface area contributed by atoms with E-state index in [0.717, 1.165) is 12.2 Å². The second kappa shape index (κ2) is 9.13. The third-order valence-corrected chi connectivity index (χ3v) is 4.09. The molecule has 4 nitrogen and oxygen atoms in total. The van der Waals surface area contributed by atoms with Crippen LogP contribution in [-0.2, 0) is 6.42 Å². The molecule has 2 rings (SSSR count). The zero-order valence-corrected chi connectivity index (χ0v) is 13.3.